The third-order valence-corrected chi connectivity index (χ3v) is 3.13. The average Bonchev–Trinajstić information content (AvgIpc) is 2.71. The van der Waals surface area contributed by atoms with Gasteiger partial charge in [-0.1, -0.05) is 47.1 Å². The Hall–Kier alpha value is -1.20. The van der Waals surface area contributed by atoms with Gasteiger partial charge in [0.2, 0.25) is 0 Å². The Morgan fingerprint density at radius 2 is 2.17 bits per heavy atom. The van der Waals surface area contributed by atoms with Crippen molar-refractivity contribution in [2.75, 3.05) is 0 Å². The number of rotatable bonds is 4. The monoisotopic (exact) mass is 308 g/mol. The minimum Gasteiger partial charge on any atom is -0.325 e. The van der Waals surface area contributed by atoms with E-state index in [0.717, 1.165) is 28.0 Å². The molecule has 0 saturated heterocycles. The zero-order valence-electron chi connectivity index (χ0n) is 10.6. The molecule has 2 N–H and O–H groups in total. The second kappa shape index (κ2) is 5.63. The largest absolute Gasteiger partial charge is 0.325 e. The zero-order chi connectivity index (χ0) is 13.1. The molecule has 2 aromatic rings. The smallest absolute Gasteiger partial charge is 0.104 e. The van der Waals surface area contributed by atoms with E-state index in [9.17, 15) is 0 Å². The van der Waals surface area contributed by atoms with Crippen LogP contribution < -0.4 is 5.73 Å². The second-order valence-electron chi connectivity index (χ2n) is 4.68. The third kappa shape index (κ3) is 2.79. The lowest BCUT2D eigenvalue weighted by molar-refractivity contribution is 0.475. The van der Waals surface area contributed by atoms with Crippen LogP contribution in [0.25, 0.3) is 11.3 Å². The molecule has 0 aliphatic carbocycles. The maximum atomic E-state index is 5.74. The molecule has 18 heavy (non-hydrogen) atoms. The van der Waals surface area contributed by atoms with Gasteiger partial charge in [0.15, 0.2) is 0 Å². The van der Waals surface area contributed by atoms with Crippen LogP contribution in [0.5, 0.6) is 0 Å². The van der Waals surface area contributed by atoms with Crippen LogP contribution in [-0.4, -0.2) is 15.0 Å². The van der Waals surface area contributed by atoms with E-state index in [2.05, 4.69) is 52.2 Å². The van der Waals surface area contributed by atoms with E-state index >= 15 is 0 Å². The number of hydrogen-bond acceptors (Lipinski definition) is 3. The molecule has 0 saturated carbocycles. The number of nitrogens with zero attached hydrogens (tertiary/aromatic N) is 3. The van der Waals surface area contributed by atoms with Gasteiger partial charge in [-0.05, 0) is 18.1 Å². The first-order chi connectivity index (χ1) is 8.61. The Morgan fingerprint density at radius 1 is 1.39 bits per heavy atom. The molecule has 0 fully saturated rings. The van der Waals surface area contributed by atoms with Crippen LogP contribution in [0.2, 0.25) is 0 Å². The standard InChI is InChI=1S/C13H17BrN4/c1-9(2)8-18-13(12(7-15)16-17-18)10-4-3-5-11(14)6-10/h3-6,9H,7-8,15H2,1-2H3. The summed E-state index contributed by atoms with van der Waals surface area (Å²) < 4.78 is 2.98. The highest BCUT2D eigenvalue weighted by molar-refractivity contribution is 9.10. The molecule has 0 aliphatic rings. The Kier molecular flexibility index (Phi) is 4.14. The van der Waals surface area contributed by atoms with Gasteiger partial charge in [-0.3, -0.25) is 0 Å². The van der Waals surface area contributed by atoms with Crippen molar-refractivity contribution in [2.24, 2.45) is 11.7 Å². The average molecular weight is 309 g/mol. The van der Waals surface area contributed by atoms with E-state index in [1.54, 1.807) is 0 Å². The van der Waals surface area contributed by atoms with Crippen molar-refractivity contribution in [2.45, 2.75) is 26.9 Å². The molecule has 0 radical (unpaired) electrons. The van der Waals surface area contributed by atoms with E-state index in [0.29, 0.717) is 12.5 Å². The summed E-state index contributed by atoms with van der Waals surface area (Å²) >= 11 is 3.49. The van der Waals surface area contributed by atoms with Crippen LogP contribution >= 0.6 is 15.9 Å². The topological polar surface area (TPSA) is 56.7 Å². The highest BCUT2D eigenvalue weighted by Gasteiger charge is 2.14. The van der Waals surface area contributed by atoms with Crippen molar-refractivity contribution in [1.82, 2.24) is 15.0 Å². The first-order valence-corrected chi connectivity index (χ1v) is 6.79. The van der Waals surface area contributed by atoms with Crippen molar-refractivity contribution < 1.29 is 0 Å². The van der Waals surface area contributed by atoms with Crippen molar-refractivity contribution in [3.63, 3.8) is 0 Å². The van der Waals surface area contributed by atoms with Crippen LogP contribution in [0.1, 0.15) is 19.5 Å². The van der Waals surface area contributed by atoms with Crippen LogP contribution in [0.3, 0.4) is 0 Å². The molecule has 2 rings (SSSR count). The van der Waals surface area contributed by atoms with Crippen LogP contribution in [0, 0.1) is 5.92 Å². The number of benzene rings is 1. The fourth-order valence-electron chi connectivity index (χ4n) is 1.91. The summed E-state index contributed by atoms with van der Waals surface area (Å²) in [4.78, 5) is 0. The molecule has 0 bridgehead atoms. The van der Waals surface area contributed by atoms with E-state index in [4.69, 9.17) is 5.73 Å². The highest BCUT2D eigenvalue weighted by Crippen LogP contribution is 2.25. The quantitative estimate of drug-likeness (QED) is 0.945. The fraction of sp³-hybridized carbons (Fsp3) is 0.385. The molecule has 1 aromatic carbocycles. The maximum Gasteiger partial charge on any atom is 0.104 e. The van der Waals surface area contributed by atoms with Gasteiger partial charge in [-0.25, -0.2) is 4.68 Å². The van der Waals surface area contributed by atoms with Gasteiger partial charge in [0, 0.05) is 23.1 Å². The van der Waals surface area contributed by atoms with Gasteiger partial charge in [0.1, 0.15) is 5.69 Å². The zero-order valence-corrected chi connectivity index (χ0v) is 12.2. The fourth-order valence-corrected chi connectivity index (χ4v) is 2.31. The lowest BCUT2D eigenvalue weighted by Gasteiger charge is -2.10. The number of aromatic nitrogens is 3. The molecule has 0 atom stereocenters. The minimum absolute atomic E-state index is 0.403. The first-order valence-electron chi connectivity index (χ1n) is 6.00. The van der Waals surface area contributed by atoms with Gasteiger partial charge in [-0.15, -0.1) is 5.10 Å². The van der Waals surface area contributed by atoms with Gasteiger partial charge >= 0.3 is 0 Å². The Bertz CT molecular complexity index is 534. The van der Waals surface area contributed by atoms with Gasteiger partial charge < -0.3 is 5.73 Å². The van der Waals surface area contributed by atoms with Crippen LogP contribution in [0.4, 0.5) is 0 Å². The molecular formula is C13H17BrN4. The van der Waals surface area contributed by atoms with Gasteiger partial charge in [-0.2, -0.15) is 0 Å². The predicted molar refractivity (Wildman–Crippen MR) is 75.9 cm³/mol. The summed E-state index contributed by atoms with van der Waals surface area (Å²) in [5.74, 6) is 0.517. The van der Waals surface area contributed by atoms with E-state index in [1.807, 2.05) is 16.8 Å². The molecule has 0 amide bonds. The highest BCUT2D eigenvalue weighted by atomic mass is 79.9. The molecular weight excluding hydrogens is 292 g/mol. The van der Waals surface area contributed by atoms with Crippen molar-refractivity contribution >= 4 is 15.9 Å². The van der Waals surface area contributed by atoms with Gasteiger partial charge in [0.25, 0.3) is 0 Å². The number of nitrogens with two attached hydrogens (primary N) is 1. The van der Waals surface area contributed by atoms with Crippen LogP contribution in [-0.2, 0) is 13.1 Å². The summed E-state index contributed by atoms with van der Waals surface area (Å²) in [6, 6.07) is 8.13. The maximum absolute atomic E-state index is 5.74. The molecule has 96 valence electrons. The Morgan fingerprint density at radius 3 is 2.78 bits per heavy atom. The Labute approximate surface area is 115 Å². The summed E-state index contributed by atoms with van der Waals surface area (Å²) in [6.45, 7) is 5.57. The first kappa shape index (κ1) is 13.2. The molecule has 0 spiro atoms. The van der Waals surface area contributed by atoms with Crippen molar-refractivity contribution in [1.29, 1.82) is 0 Å². The Balaban J connectivity index is 2.50. The third-order valence-electron chi connectivity index (χ3n) is 2.63. The van der Waals surface area contributed by atoms with Crippen molar-refractivity contribution in [3.8, 4) is 11.3 Å². The lowest BCUT2D eigenvalue weighted by atomic mass is 10.1. The normalized spacial score (nSPS) is 11.2. The summed E-state index contributed by atoms with van der Waals surface area (Å²) in [6.07, 6.45) is 0. The number of hydrogen-bond donors (Lipinski definition) is 1. The number of halogens is 1. The molecule has 0 unspecified atom stereocenters. The lowest BCUT2D eigenvalue weighted by Crippen LogP contribution is -2.08. The molecule has 1 aromatic heterocycles. The predicted octanol–water partition coefficient (Wildman–Crippen LogP) is 2.82. The molecule has 4 nitrogen and oxygen atoms in total. The molecule has 1 heterocycles. The molecule has 0 aliphatic heterocycles. The SMILES string of the molecule is CC(C)Cn1nnc(CN)c1-c1cccc(Br)c1. The van der Waals surface area contributed by atoms with Crippen LogP contribution in [0.15, 0.2) is 28.7 Å². The van der Waals surface area contributed by atoms with E-state index in [-0.39, 0.29) is 0 Å². The van der Waals surface area contributed by atoms with Crippen molar-refractivity contribution in [3.05, 3.63) is 34.4 Å². The summed E-state index contributed by atoms with van der Waals surface area (Å²) in [5.41, 5.74) is 8.70. The summed E-state index contributed by atoms with van der Waals surface area (Å²) in [5, 5.41) is 8.37. The van der Waals surface area contributed by atoms with E-state index in [1.165, 1.54) is 0 Å². The summed E-state index contributed by atoms with van der Waals surface area (Å²) in [7, 11) is 0. The molecule has 5 heteroatoms. The van der Waals surface area contributed by atoms with Gasteiger partial charge in [0.05, 0.1) is 5.69 Å². The second-order valence-corrected chi connectivity index (χ2v) is 5.59. The minimum atomic E-state index is 0.403. The van der Waals surface area contributed by atoms with E-state index < -0.39 is 0 Å².